The van der Waals surface area contributed by atoms with E-state index in [1.54, 1.807) is 0 Å². The van der Waals surface area contributed by atoms with E-state index in [1.165, 1.54) is 12.1 Å². The molecular weight excluding hydrogens is 202 g/mol. The molecule has 1 aromatic heterocycles. The van der Waals surface area contributed by atoms with Gasteiger partial charge in [0.05, 0.1) is 12.9 Å². The van der Waals surface area contributed by atoms with Crippen molar-refractivity contribution in [3.05, 3.63) is 18.2 Å². The molecule has 2 saturated heterocycles. The Hall–Kier alpha value is -0.870. The number of hydrogen-bond donors (Lipinski definition) is 1. The fourth-order valence-corrected chi connectivity index (χ4v) is 2.63. The Morgan fingerprint density at radius 2 is 2.44 bits per heavy atom. The van der Waals surface area contributed by atoms with Crippen LogP contribution >= 0.6 is 0 Å². The van der Waals surface area contributed by atoms with Gasteiger partial charge in [0.25, 0.3) is 0 Å². The molecule has 0 radical (unpaired) electrons. The van der Waals surface area contributed by atoms with Gasteiger partial charge in [0.1, 0.15) is 0 Å². The number of aromatic nitrogens is 2. The number of hydrogen-bond acceptors (Lipinski definition) is 3. The van der Waals surface area contributed by atoms with Crippen molar-refractivity contribution in [1.82, 2.24) is 14.9 Å². The van der Waals surface area contributed by atoms with Gasteiger partial charge in [0, 0.05) is 49.5 Å². The largest absolute Gasteiger partial charge is 0.381 e. The van der Waals surface area contributed by atoms with Crippen LogP contribution in [0.3, 0.4) is 0 Å². The van der Waals surface area contributed by atoms with E-state index in [9.17, 15) is 0 Å². The van der Waals surface area contributed by atoms with Crippen molar-refractivity contribution < 1.29 is 4.74 Å². The van der Waals surface area contributed by atoms with Gasteiger partial charge in [-0.05, 0) is 13.3 Å². The summed E-state index contributed by atoms with van der Waals surface area (Å²) >= 11 is 0. The van der Waals surface area contributed by atoms with Crippen LogP contribution in [-0.4, -0.2) is 35.9 Å². The van der Waals surface area contributed by atoms with E-state index in [4.69, 9.17) is 4.74 Å². The van der Waals surface area contributed by atoms with Crippen LogP contribution in [0.4, 0.5) is 0 Å². The molecule has 1 aromatic rings. The Balaban J connectivity index is 1.79. The fraction of sp³-hybridized carbons (Fsp3) is 0.750. The summed E-state index contributed by atoms with van der Waals surface area (Å²) in [6.07, 6.45) is 5.19. The first-order chi connectivity index (χ1) is 7.86. The second kappa shape index (κ2) is 4.18. The topological polar surface area (TPSA) is 39.1 Å². The van der Waals surface area contributed by atoms with Crippen molar-refractivity contribution >= 4 is 0 Å². The number of nitrogens with one attached hydrogen (secondary N) is 1. The molecule has 0 saturated carbocycles. The van der Waals surface area contributed by atoms with Crippen LogP contribution in [0.25, 0.3) is 0 Å². The highest BCUT2D eigenvalue weighted by atomic mass is 16.5. The van der Waals surface area contributed by atoms with Gasteiger partial charge in [0.2, 0.25) is 0 Å². The molecule has 2 aliphatic heterocycles. The van der Waals surface area contributed by atoms with E-state index >= 15 is 0 Å². The second-order valence-corrected chi connectivity index (χ2v) is 4.95. The van der Waals surface area contributed by atoms with Crippen molar-refractivity contribution in [3.63, 3.8) is 0 Å². The van der Waals surface area contributed by atoms with Crippen LogP contribution in [0.1, 0.15) is 31.0 Å². The van der Waals surface area contributed by atoms with E-state index in [0.717, 1.165) is 26.3 Å². The molecule has 2 atom stereocenters. The molecule has 4 heteroatoms. The minimum absolute atomic E-state index is 0.514. The van der Waals surface area contributed by atoms with Crippen molar-refractivity contribution in [2.24, 2.45) is 5.92 Å². The third kappa shape index (κ3) is 1.66. The zero-order valence-electron chi connectivity index (χ0n) is 9.72. The molecule has 2 aliphatic rings. The Bertz CT molecular complexity index is 353. The summed E-state index contributed by atoms with van der Waals surface area (Å²) in [6.45, 7) is 6.31. The number of imidazole rings is 1. The first-order valence-electron chi connectivity index (χ1n) is 6.16. The highest BCUT2D eigenvalue weighted by Crippen LogP contribution is 2.30. The van der Waals surface area contributed by atoms with Crippen LogP contribution in [0.15, 0.2) is 12.5 Å². The molecule has 0 bridgehead atoms. The van der Waals surface area contributed by atoms with Crippen LogP contribution in [0.5, 0.6) is 0 Å². The Morgan fingerprint density at radius 1 is 1.56 bits per heavy atom. The lowest BCUT2D eigenvalue weighted by molar-refractivity contribution is 0.174. The standard InChI is InChI=1S/C12H19N3O/c1-9(10-2-3-16-7-10)15-8-14-6-12(15)11-4-13-5-11/h6,8-11,13H,2-5,7H2,1H3. The predicted molar refractivity (Wildman–Crippen MR) is 61.5 cm³/mol. The van der Waals surface area contributed by atoms with Crippen molar-refractivity contribution in [2.75, 3.05) is 26.3 Å². The van der Waals surface area contributed by atoms with E-state index in [1.807, 2.05) is 12.5 Å². The lowest BCUT2D eigenvalue weighted by atomic mass is 9.96. The van der Waals surface area contributed by atoms with Crippen molar-refractivity contribution in [1.29, 1.82) is 0 Å². The molecule has 0 aliphatic carbocycles. The van der Waals surface area contributed by atoms with Gasteiger partial charge in [-0.3, -0.25) is 0 Å². The fourth-order valence-electron chi connectivity index (χ4n) is 2.63. The maximum absolute atomic E-state index is 5.47. The predicted octanol–water partition coefficient (Wildman–Crippen LogP) is 1.17. The average Bonchev–Trinajstić information content (AvgIpc) is 2.84. The average molecular weight is 221 g/mol. The molecule has 16 heavy (non-hydrogen) atoms. The molecule has 0 aromatic carbocycles. The summed E-state index contributed by atoms with van der Waals surface area (Å²) in [5, 5.41) is 3.32. The van der Waals surface area contributed by atoms with Crippen LogP contribution in [0.2, 0.25) is 0 Å². The summed E-state index contributed by atoms with van der Waals surface area (Å²) in [5.74, 6) is 1.31. The monoisotopic (exact) mass is 221 g/mol. The van der Waals surface area contributed by atoms with Crippen LogP contribution in [0, 0.1) is 5.92 Å². The van der Waals surface area contributed by atoms with Crippen LogP contribution < -0.4 is 5.32 Å². The Morgan fingerprint density at radius 3 is 3.06 bits per heavy atom. The van der Waals surface area contributed by atoms with Gasteiger partial charge >= 0.3 is 0 Å². The lowest BCUT2D eigenvalue weighted by Crippen LogP contribution is -2.41. The number of rotatable bonds is 3. The van der Waals surface area contributed by atoms with Gasteiger partial charge in [0.15, 0.2) is 0 Å². The van der Waals surface area contributed by atoms with Gasteiger partial charge in [-0.15, -0.1) is 0 Å². The van der Waals surface area contributed by atoms with E-state index in [-0.39, 0.29) is 0 Å². The summed E-state index contributed by atoms with van der Waals surface area (Å²) in [7, 11) is 0. The minimum atomic E-state index is 0.514. The highest BCUT2D eigenvalue weighted by molar-refractivity contribution is 5.12. The third-order valence-electron chi connectivity index (χ3n) is 3.98. The molecule has 3 rings (SSSR count). The quantitative estimate of drug-likeness (QED) is 0.832. The van der Waals surface area contributed by atoms with Gasteiger partial charge in [-0.25, -0.2) is 4.98 Å². The van der Waals surface area contributed by atoms with Crippen molar-refractivity contribution in [2.45, 2.75) is 25.3 Å². The summed E-state index contributed by atoms with van der Waals surface area (Å²) in [5.41, 5.74) is 1.39. The summed E-state index contributed by atoms with van der Waals surface area (Å²) < 4.78 is 7.82. The third-order valence-corrected chi connectivity index (χ3v) is 3.98. The second-order valence-electron chi connectivity index (χ2n) is 4.95. The van der Waals surface area contributed by atoms with E-state index < -0.39 is 0 Å². The maximum Gasteiger partial charge on any atom is 0.0950 e. The lowest BCUT2D eigenvalue weighted by Gasteiger charge is -2.30. The molecule has 4 nitrogen and oxygen atoms in total. The molecule has 0 spiro atoms. The molecule has 0 amide bonds. The molecule has 2 unspecified atom stereocenters. The van der Waals surface area contributed by atoms with E-state index in [0.29, 0.717) is 17.9 Å². The molecular formula is C12H19N3O. The molecule has 88 valence electrons. The van der Waals surface area contributed by atoms with Gasteiger partial charge in [-0.2, -0.15) is 0 Å². The Kier molecular flexibility index (Phi) is 2.69. The maximum atomic E-state index is 5.47. The first kappa shape index (κ1) is 10.3. The van der Waals surface area contributed by atoms with Gasteiger partial charge in [-0.1, -0.05) is 0 Å². The number of nitrogens with zero attached hydrogens (tertiary/aromatic N) is 2. The van der Waals surface area contributed by atoms with Crippen LogP contribution in [-0.2, 0) is 4.74 Å². The Labute approximate surface area is 96.0 Å². The van der Waals surface area contributed by atoms with Crippen molar-refractivity contribution in [3.8, 4) is 0 Å². The molecule has 3 heterocycles. The first-order valence-corrected chi connectivity index (χ1v) is 6.16. The van der Waals surface area contributed by atoms with Gasteiger partial charge < -0.3 is 14.6 Å². The minimum Gasteiger partial charge on any atom is -0.381 e. The summed E-state index contributed by atoms with van der Waals surface area (Å²) in [6, 6.07) is 0.514. The molecule has 2 fully saturated rings. The SMILES string of the molecule is CC(C1CCOC1)n1cncc1C1CNC1. The molecule has 1 N–H and O–H groups in total. The zero-order chi connectivity index (χ0) is 11.0. The number of ether oxygens (including phenoxy) is 1. The smallest absolute Gasteiger partial charge is 0.0950 e. The zero-order valence-corrected chi connectivity index (χ0v) is 9.72. The normalized spacial score (nSPS) is 27.9. The highest BCUT2D eigenvalue weighted by Gasteiger charge is 2.28. The summed E-state index contributed by atoms with van der Waals surface area (Å²) in [4.78, 5) is 4.31. The van der Waals surface area contributed by atoms with E-state index in [2.05, 4.69) is 21.8 Å².